The zero-order valence-electron chi connectivity index (χ0n) is 9.42. The predicted octanol–water partition coefficient (Wildman–Crippen LogP) is 2.43. The highest BCUT2D eigenvalue weighted by atomic mass is 16.2. The molecule has 1 fully saturated rings. The fourth-order valence-electron chi connectivity index (χ4n) is 2.21. The lowest BCUT2D eigenvalue weighted by Gasteiger charge is -2.39. The third-order valence-corrected chi connectivity index (χ3v) is 2.75. The topological polar surface area (TPSA) is 20.3 Å². The Morgan fingerprint density at radius 3 is 2.23 bits per heavy atom. The molecule has 0 aliphatic carbocycles. The van der Waals surface area contributed by atoms with E-state index in [0.29, 0.717) is 17.9 Å². The maximum atomic E-state index is 11.7. The number of likely N-dealkylation sites (tertiary alicyclic amines) is 1. The highest BCUT2D eigenvalue weighted by Gasteiger charge is 2.39. The monoisotopic (exact) mass is 183 g/mol. The first-order valence-electron chi connectivity index (χ1n) is 5.16. The second-order valence-electron chi connectivity index (χ2n) is 5.28. The Balaban J connectivity index is 2.84. The van der Waals surface area contributed by atoms with Crippen molar-refractivity contribution in [2.24, 2.45) is 5.92 Å². The van der Waals surface area contributed by atoms with E-state index in [0.717, 1.165) is 12.8 Å². The van der Waals surface area contributed by atoms with Gasteiger partial charge in [-0.05, 0) is 33.1 Å². The van der Waals surface area contributed by atoms with Crippen molar-refractivity contribution in [2.45, 2.75) is 59.0 Å². The van der Waals surface area contributed by atoms with Crippen molar-refractivity contribution < 1.29 is 4.79 Å². The summed E-state index contributed by atoms with van der Waals surface area (Å²) in [6.45, 7) is 10.7. The molecule has 1 aliphatic heterocycles. The molecule has 0 bridgehead atoms. The van der Waals surface area contributed by atoms with Crippen molar-refractivity contribution in [1.29, 1.82) is 0 Å². The van der Waals surface area contributed by atoms with Gasteiger partial charge in [0.25, 0.3) is 0 Å². The van der Waals surface area contributed by atoms with Gasteiger partial charge in [-0.15, -0.1) is 0 Å². The number of hydrogen-bond donors (Lipinski definition) is 0. The number of rotatable bonds is 1. The predicted molar refractivity (Wildman–Crippen MR) is 54.5 cm³/mol. The molecule has 1 amide bonds. The molecule has 1 aliphatic rings. The van der Waals surface area contributed by atoms with E-state index in [9.17, 15) is 4.79 Å². The summed E-state index contributed by atoms with van der Waals surface area (Å²) in [6.07, 6.45) is 1.77. The van der Waals surface area contributed by atoms with Gasteiger partial charge in [-0.3, -0.25) is 4.79 Å². The van der Waals surface area contributed by atoms with Crippen LogP contribution in [0.15, 0.2) is 0 Å². The first kappa shape index (κ1) is 10.6. The lowest BCUT2D eigenvalue weighted by molar-refractivity contribution is -0.134. The average molecular weight is 183 g/mol. The van der Waals surface area contributed by atoms with Crippen molar-refractivity contribution in [3.05, 3.63) is 0 Å². The summed E-state index contributed by atoms with van der Waals surface area (Å²) < 4.78 is 0. The first-order chi connectivity index (χ1) is 5.84. The minimum Gasteiger partial charge on any atom is -0.335 e. The lowest BCUT2D eigenvalue weighted by Crippen LogP contribution is -2.48. The molecule has 0 saturated carbocycles. The van der Waals surface area contributed by atoms with Crippen LogP contribution < -0.4 is 0 Å². The minimum atomic E-state index is -0.0114. The van der Waals surface area contributed by atoms with Crippen LogP contribution in [0.4, 0.5) is 0 Å². The number of hydrogen-bond acceptors (Lipinski definition) is 1. The molecule has 0 N–H and O–H groups in total. The summed E-state index contributed by atoms with van der Waals surface area (Å²) in [5, 5.41) is 0. The van der Waals surface area contributed by atoms with E-state index in [2.05, 4.69) is 39.5 Å². The highest BCUT2D eigenvalue weighted by Crippen LogP contribution is 2.31. The van der Waals surface area contributed by atoms with Crippen molar-refractivity contribution in [1.82, 2.24) is 4.90 Å². The molecule has 1 saturated heterocycles. The van der Waals surface area contributed by atoms with E-state index in [1.54, 1.807) is 0 Å². The fourth-order valence-corrected chi connectivity index (χ4v) is 2.21. The molecule has 76 valence electrons. The third kappa shape index (κ3) is 2.04. The lowest BCUT2D eigenvalue weighted by atomic mass is 9.97. The second-order valence-corrected chi connectivity index (χ2v) is 5.28. The summed E-state index contributed by atoms with van der Waals surface area (Å²) in [7, 11) is 0. The van der Waals surface area contributed by atoms with Gasteiger partial charge < -0.3 is 4.90 Å². The summed E-state index contributed by atoms with van der Waals surface area (Å²) >= 11 is 0. The molecule has 0 aromatic heterocycles. The second kappa shape index (κ2) is 3.32. The van der Waals surface area contributed by atoms with Crippen molar-refractivity contribution in [3.8, 4) is 0 Å². The molecule has 13 heavy (non-hydrogen) atoms. The van der Waals surface area contributed by atoms with Crippen LogP contribution in [0.1, 0.15) is 47.5 Å². The van der Waals surface area contributed by atoms with Crippen LogP contribution in [0.3, 0.4) is 0 Å². The van der Waals surface area contributed by atoms with Crippen LogP contribution in [0.25, 0.3) is 0 Å². The van der Waals surface area contributed by atoms with Gasteiger partial charge in [-0.2, -0.15) is 0 Å². The van der Waals surface area contributed by atoms with E-state index in [1.807, 2.05) is 0 Å². The maximum absolute atomic E-state index is 11.7. The van der Waals surface area contributed by atoms with Gasteiger partial charge in [-0.1, -0.05) is 13.8 Å². The Morgan fingerprint density at radius 2 is 1.92 bits per heavy atom. The van der Waals surface area contributed by atoms with Crippen LogP contribution in [0.2, 0.25) is 0 Å². The highest BCUT2D eigenvalue weighted by molar-refractivity contribution is 5.79. The quantitative estimate of drug-likeness (QED) is 0.611. The Morgan fingerprint density at radius 1 is 1.38 bits per heavy atom. The minimum absolute atomic E-state index is 0.0114. The van der Waals surface area contributed by atoms with Gasteiger partial charge in [0.2, 0.25) is 5.91 Å². The third-order valence-electron chi connectivity index (χ3n) is 2.75. The molecule has 1 rings (SSSR count). The fraction of sp³-hybridized carbons (Fsp3) is 0.909. The number of amides is 1. The Kier molecular flexibility index (Phi) is 2.69. The normalized spacial score (nSPS) is 24.6. The first-order valence-corrected chi connectivity index (χ1v) is 5.16. The van der Waals surface area contributed by atoms with Crippen molar-refractivity contribution in [3.63, 3.8) is 0 Å². The van der Waals surface area contributed by atoms with Gasteiger partial charge in [0, 0.05) is 18.0 Å². The molecule has 2 nitrogen and oxygen atoms in total. The van der Waals surface area contributed by atoms with Crippen LogP contribution in [0.5, 0.6) is 0 Å². The van der Waals surface area contributed by atoms with Crippen molar-refractivity contribution in [2.75, 3.05) is 0 Å². The van der Waals surface area contributed by atoms with Gasteiger partial charge in [-0.25, -0.2) is 0 Å². The van der Waals surface area contributed by atoms with Crippen LogP contribution in [0, 0.1) is 5.92 Å². The molecular formula is C11H21NO. The molecule has 0 unspecified atom stereocenters. The standard InChI is InChI=1S/C11H21NO/c1-8(2)9-6-7-10(13)12(9)11(3,4)5/h8-9H,6-7H2,1-5H3/t9-/m1/s1. The van der Waals surface area contributed by atoms with E-state index in [-0.39, 0.29) is 5.54 Å². The number of carbonyl (C=O) groups excluding carboxylic acids is 1. The zero-order valence-corrected chi connectivity index (χ0v) is 9.42. The largest absolute Gasteiger partial charge is 0.335 e. The summed E-state index contributed by atoms with van der Waals surface area (Å²) in [5.74, 6) is 0.900. The Bertz CT molecular complexity index is 203. The van der Waals surface area contributed by atoms with Crippen LogP contribution >= 0.6 is 0 Å². The molecule has 0 radical (unpaired) electrons. The maximum Gasteiger partial charge on any atom is 0.223 e. The summed E-state index contributed by atoms with van der Waals surface area (Å²) in [5.41, 5.74) is -0.0114. The molecule has 1 heterocycles. The summed E-state index contributed by atoms with van der Waals surface area (Å²) in [4.78, 5) is 13.7. The number of carbonyl (C=O) groups is 1. The van der Waals surface area contributed by atoms with Crippen LogP contribution in [-0.2, 0) is 4.79 Å². The zero-order chi connectivity index (χ0) is 10.2. The summed E-state index contributed by atoms with van der Waals surface area (Å²) in [6, 6.07) is 0.451. The molecule has 1 atom stereocenters. The van der Waals surface area contributed by atoms with E-state index >= 15 is 0 Å². The SMILES string of the molecule is CC(C)[C@H]1CCC(=O)N1C(C)(C)C. The molecule has 0 aromatic carbocycles. The van der Waals surface area contributed by atoms with Gasteiger partial charge in [0.05, 0.1) is 0 Å². The van der Waals surface area contributed by atoms with Gasteiger partial charge >= 0.3 is 0 Å². The number of nitrogens with zero attached hydrogens (tertiary/aromatic N) is 1. The molecular weight excluding hydrogens is 162 g/mol. The average Bonchev–Trinajstić information content (AvgIpc) is 2.28. The van der Waals surface area contributed by atoms with E-state index in [1.165, 1.54) is 0 Å². The molecule has 0 aromatic rings. The van der Waals surface area contributed by atoms with Gasteiger partial charge in [0.15, 0.2) is 0 Å². The molecule has 2 heteroatoms. The van der Waals surface area contributed by atoms with Crippen LogP contribution in [-0.4, -0.2) is 22.4 Å². The van der Waals surface area contributed by atoms with E-state index < -0.39 is 0 Å². The molecule has 0 spiro atoms. The van der Waals surface area contributed by atoms with E-state index in [4.69, 9.17) is 0 Å². The van der Waals surface area contributed by atoms with Crippen molar-refractivity contribution >= 4 is 5.91 Å². The Labute approximate surface area is 81.3 Å². The Hall–Kier alpha value is -0.530. The smallest absolute Gasteiger partial charge is 0.223 e. The van der Waals surface area contributed by atoms with Gasteiger partial charge in [0.1, 0.15) is 0 Å².